The number of carbonyl (C=O) groups is 2. The summed E-state index contributed by atoms with van der Waals surface area (Å²) in [6.07, 6.45) is 3.03. The molecule has 0 unspecified atom stereocenters. The van der Waals surface area contributed by atoms with E-state index < -0.39 is 0 Å². The first kappa shape index (κ1) is 8.40. The highest BCUT2D eigenvalue weighted by Gasteiger charge is 1.98. The summed E-state index contributed by atoms with van der Waals surface area (Å²) in [5.41, 5.74) is 1.79. The third-order valence-electron chi connectivity index (χ3n) is 1.59. The van der Waals surface area contributed by atoms with Crippen LogP contribution in [0.2, 0.25) is 0 Å². The lowest BCUT2D eigenvalue weighted by molar-refractivity contribution is 0.111. The molecule has 0 heterocycles. The molecule has 1 aromatic rings. The Bertz CT molecular complexity index is 327. The van der Waals surface area contributed by atoms with Crippen molar-refractivity contribution >= 4 is 18.6 Å². The average Bonchev–Trinajstić information content (AvgIpc) is 2.16. The smallest absolute Gasteiger partial charge is 0.150 e. The molecule has 1 aromatic carbocycles. The minimum Gasteiger partial charge on any atom is -0.298 e. The Kier molecular flexibility index (Phi) is 2.53. The maximum absolute atomic E-state index is 10.4. The monoisotopic (exact) mass is 160 g/mol. The molecular weight excluding hydrogens is 152 g/mol. The van der Waals surface area contributed by atoms with Gasteiger partial charge in [0, 0.05) is 11.1 Å². The summed E-state index contributed by atoms with van der Waals surface area (Å²) < 4.78 is 0. The number of hydrogen-bond acceptors (Lipinski definition) is 2. The van der Waals surface area contributed by atoms with Crippen LogP contribution in [0.15, 0.2) is 24.8 Å². The standard InChI is InChI=1S/C10H8O2/c1-2-9-5-8(6-11)3-4-10(9)7-12/h2-7H,1H2. The lowest BCUT2D eigenvalue weighted by Gasteiger charge is -1.98. The Morgan fingerprint density at radius 2 is 1.83 bits per heavy atom. The lowest BCUT2D eigenvalue weighted by Crippen LogP contribution is -1.88. The Morgan fingerprint density at radius 3 is 2.33 bits per heavy atom. The van der Waals surface area contributed by atoms with E-state index in [1.165, 1.54) is 0 Å². The molecule has 2 nitrogen and oxygen atoms in total. The van der Waals surface area contributed by atoms with Gasteiger partial charge in [-0.05, 0) is 11.6 Å². The highest BCUT2D eigenvalue weighted by molar-refractivity contribution is 5.85. The number of rotatable bonds is 3. The summed E-state index contributed by atoms with van der Waals surface area (Å²) in [4.78, 5) is 20.8. The van der Waals surface area contributed by atoms with Gasteiger partial charge in [0.1, 0.15) is 6.29 Å². The average molecular weight is 160 g/mol. The summed E-state index contributed by atoms with van der Waals surface area (Å²) in [5.74, 6) is 0. The van der Waals surface area contributed by atoms with Crippen molar-refractivity contribution in [2.75, 3.05) is 0 Å². The molecule has 0 radical (unpaired) electrons. The van der Waals surface area contributed by atoms with Crippen LogP contribution in [-0.4, -0.2) is 12.6 Å². The second kappa shape index (κ2) is 3.62. The molecule has 12 heavy (non-hydrogen) atoms. The predicted octanol–water partition coefficient (Wildman–Crippen LogP) is 1.95. The van der Waals surface area contributed by atoms with Crippen molar-refractivity contribution in [1.29, 1.82) is 0 Å². The SMILES string of the molecule is C=Cc1cc(C=O)ccc1C=O. The topological polar surface area (TPSA) is 34.1 Å². The van der Waals surface area contributed by atoms with Crippen LogP contribution in [-0.2, 0) is 0 Å². The van der Waals surface area contributed by atoms with Crippen LogP contribution >= 0.6 is 0 Å². The molecule has 0 N–H and O–H groups in total. The van der Waals surface area contributed by atoms with E-state index in [1.807, 2.05) is 0 Å². The van der Waals surface area contributed by atoms with E-state index in [1.54, 1.807) is 24.3 Å². The van der Waals surface area contributed by atoms with Crippen molar-refractivity contribution in [3.63, 3.8) is 0 Å². The third-order valence-corrected chi connectivity index (χ3v) is 1.59. The normalized spacial score (nSPS) is 9.00. The zero-order chi connectivity index (χ0) is 8.97. The summed E-state index contributed by atoms with van der Waals surface area (Å²) in [6, 6.07) is 4.83. The van der Waals surface area contributed by atoms with Gasteiger partial charge in [0.25, 0.3) is 0 Å². The van der Waals surface area contributed by atoms with Gasteiger partial charge in [0.15, 0.2) is 6.29 Å². The second-order valence-corrected chi connectivity index (χ2v) is 2.33. The minimum atomic E-state index is 0.551. The predicted molar refractivity (Wildman–Crippen MR) is 47.3 cm³/mol. The van der Waals surface area contributed by atoms with Crippen LogP contribution < -0.4 is 0 Å². The van der Waals surface area contributed by atoms with Crippen LogP contribution in [0.4, 0.5) is 0 Å². The minimum absolute atomic E-state index is 0.551. The zero-order valence-electron chi connectivity index (χ0n) is 6.49. The van der Waals surface area contributed by atoms with Gasteiger partial charge in [-0.2, -0.15) is 0 Å². The summed E-state index contributed by atoms with van der Waals surface area (Å²) >= 11 is 0. The van der Waals surface area contributed by atoms with Gasteiger partial charge in [0.05, 0.1) is 0 Å². The van der Waals surface area contributed by atoms with Crippen LogP contribution in [0.25, 0.3) is 6.08 Å². The Balaban J connectivity index is 3.27. The second-order valence-electron chi connectivity index (χ2n) is 2.33. The van der Waals surface area contributed by atoms with Gasteiger partial charge in [-0.25, -0.2) is 0 Å². The highest BCUT2D eigenvalue weighted by atomic mass is 16.1. The number of hydrogen-bond donors (Lipinski definition) is 0. The van der Waals surface area contributed by atoms with Crippen molar-refractivity contribution in [2.45, 2.75) is 0 Å². The van der Waals surface area contributed by atoms with E-state index in [-0.39, 0.29) is 0 Å². The highest BCUT2D eigenvalue weighted by Crippen LogP contribution is 2.10. The van der Waals surface area contributed by atoms with Crippen molar-refractivity contribution in [1.82, 2.24) is 0 Å². The molecule has 0 fully saturated rings. The van der Waals surface area contributed by atoms with Crippen LogP contribution in [0, 0.1) is 0 Å². The van der Waals surface area contributed by atoms with Crippen LogP contribution in [0.3, 0.4) is 0 Å². The number of carbonyl (C=O) groups excluding carboxylic acids is 2. The third kappa shape index (κ3) is 1.48. The van der Waals surface area contributed by atoms with Gasteiger partial charge >= 0.3 is 0 Å². The van der Waals surface area contributed by atoms with Gasteiger partial charge in [-0.15, -0.1) is 0 Å². The van der Waals surface area contributed by atoms with Gasteiger partial charge in [-0.3, -0.25) is 9.59 Å². The summed E-state index contributed by atoms with van der Waals surface area (Å²) in [5, 5.41) is 0. The van der Waals surface area contributed by atoms with Gasteiger partial charge in [-0.1, -0.05) is 24.8 Å². The summed E-state index contributed by atoms with van der Waals surface area (Å²) in [7, 11) is 0. The van der Waals surface area contributed by atoms with E-state index in [4.69, 9.17) is 0 Å². The molecule has 0 aliphatic carbocycles. The molecule has 0 aliphatic heterocycles. The van der Waals surface area contributed by atoms with Gasteiger partial charge in [0.2, 0.25) is 0 Å². The molecule has 0 aromatic heterocycles. The van der Waals surface area contributed by atoms with Crippen molar-refractivity contribution < 1.29 is 9.59 Å². The van der Waals surface area contributed by atoms with Crippen LogP contribution in [0.1, 0.15) is 26.3 Å². The Morgan fingerprint density at radius 1 is 1.08 bits per heavy atom. The number of benzene rings is 1. The maximum atomic E-state index is 10.4. The Labute approximate surface area is 70.5 Å². The molecule has 60 valence electrons. The van der Waals surface area contributed by atoms with Crippen molar-refractivity contribution in [3.8, 4) is 0 Å². The molecule has 0 saturated carbocycles. The first-order chi connectivity index (χ1) is 5.81. The molecule has 0 atom stereocenters. The van der Waals surface area contributed by atoms with Crippen LogP contribution in [0.5, 0.6) is 0 Å². The molecule has 2 heteroatoms. The van der Waals surface area contributed by atoms with E-state index in [9.17, 15) is 9.59 Å². The van der Waals surface area contributed by atoms with E-state index >= 15 is 0 Å². The summed E-state index contributed by atoms with van der Waals surface area (Å²) in [6.45, 7) is 3.54. The first-order valence-electron chi connectivity index (χ1n) is 3.48. The molecule has 1 rings (SSSR count). The largest absolute Gasteiger partial charge is 0.298 e. The molecule has 0 spiro atoms. The van der Waals surface area contributed by atoms with Crippen molar-refractivity contribution in [2.24, 2.45) is 0 Å². The fraction of sp³-hybridized carbons (Fsp3) is 0. The fourth-order valence-corrected chi connectivity index (χ4v) is 0.951. The number of aldehydes is 2. The van der Waals surface area contributed by atoms with E-state index in [2.05, 4.69) is 6.58 Å². The quantitative estimate of drug-likeness (QED) is 0.633. The zero-order valence-corrected chi connectivity index (χ0v) is 6.49. The molecule has 0 saturated heterocycles. The molecule has 0 amide bonds. The van der Waals surface area contributed by atoms with E-state index in [0.717, 1.165) is 12.6 Å². The Hall–Kier alpha value is -1.70. The molecular formula is C10H8O2. The molecule has 0 aliphatic rings. The first-order valence-corrected chi connectivity index (χ1v) is 3.48. The van der Waals surface area contributed by atoms with Crippen molar-refractivity contribution in [3.05, 3.63) is 41.5 Å². The maximum Gasteiger partial charge on any atom is 0.150 e. The lowest BCUT2D eigenvalue weighted by atomic mass is 10.1. The van der Waals surface area contributed by atoms with Gasteiger partial charge < -0.3 is 0 Å². The molecule has 0 bridgehead atoms. The van der Waals surface area contributed by atoms with E-state index in [0.29, 0.717) is 16.7 Å². The fourth-order valence-electron chi connectivity index (χ4n) is 0.951.